The molecule has 0 saturated heterocycles. The maximum atomic E-state index is 6.67. The van der Waals surface area contributed by atoms with Crippen molar-refractivity contribution in [2.75, 3.05) is 0 Å². The number of rotatable bonds is 6. The Morgan fingerprint density at radius 2 is 0.943 bits per heavy atom. The zero-order valence-corrected chi connectivity index (χ0v) is 29.2. The van der Waals surface area contributed by atoms with Gasteiger partial charge in [-0.15, -0.1) is 0 Å². The summed E-state index contributed by atoms with van der Waals surface area (Å²) in [5.41, 5.74) is 12.5. The molecule has 9 aromatic carbocycles. The number of para-hydroxylation sites is 1. The minimum absolute atomic E-state index is 0.106. The van der Waals surface area contributed by atoms with E-state index in [0.29, 0.717) is 0 Å². The first-order valence-corrected chi connectivity index (χ1v) is 18.4. The van der Waals surface area contributed by atoms with Crippen LogP contribution in [0.3, 0.4) is 0 Å². The first-order chi connectivity index (χ1) is 26.3. The molecule has 53 heavy (non-hydrogen) atoms. The van der Waals surface area contributed by atoms with Crippen molar-refractivity contribution in [2.45, 2.75) is 12.5 Å². The molecule has 0 heterocycles. The molecular weight excluding hydrogens is 641 g/mol. The van der Waals surface area contributed by atoms with Crippen LogP contribution in [-0.4, -0.2) is 6.10 Å². The van der Waals surface area contributed by atoms with Crippen LogP contribution in [0, 0.1) is 0 Å². The van der Waals surface area contributed by atoms with E-state index >= 15 is 0 Å². The van der Waals surface area contributed by atoms with Crippen molar-refractivity contribution in [3.63, 3.8) is 0 Å². The van der Waals surface area contributed by atoms with Crippen molar-refractivity contribution < 1.29 is 4.74 Å². The van der Waals surface area contributed by atoms with E-state index in [2.05, 4.69) is 170 Å². The summed E-state index contributed by atoms with van der Waals surface area (Å²) in [6.07, 6.45) is 5.23. The first kappa shape index (κ1) is 31.1. The minimum Gasteiger partial charge on any atom is -0.486 e. The highest BCUT2D eigenvalue weighted by Crippen LogP contribution is 2.49. The Balaban J connectivity index is 1.24. The molecule has 10 rings (SSSR count). The van der Waals surface area contributed by atoms with Crippen LogP contribution in [0.1, 0.15) is 11.1 Å². The molecule has 1 atom stereocenters. The molecule has 0 N–H and O–H groups in total. The van der Waals surface area contributed by atoms with E-state index in [-0.39, 0.29) is 6.10 Å². The van der Waals surface area contributed by atoms with Gasteiger partial charge >= 0.3 is 0 Å². The third kappa shape index (κ3) is 5.50. The second kappa shape index (κ2) is 13.1. The van der Waals surface area contributed by atoms with Gasteiger partial charge < -0.3 is 4.74 Å². The van der Waals surface area contributed by atoms with E-state index in [0.717, 1.165) is 12.2 Å². The Hall–Kier alpha value is -6.70. The maximum absolute atomic E-state index is 6.67. The van der Waals surface area contributed by atoms with E-state index in [1.807, 2.05) is 30.3 Å². The van der Waals surface area contributed by atoms with Crippen LogP contribution in [0.2, 0.25) is 0 Å². The van der Waals surface area contributed by atoms with Crippen LogP contribution < -0.4 is 4.74 Å². The van der Waals surface area contributed by atoms with Gasteiger partial charge in [0.2, 0.25) is 0 Å². The second-order valence-corrected chi connectivity index (χ2v) is 13.9. The molecule has 1 heteroatoms. The number of hydrogen-bond acceptors (Lipinski definition) is 1. The number of hydrogen-bond donors (Lipinski definition) is 0. The average Bonchev–Trinajstić information content (AvgIpc) is 3.23. The maximum Gasteiger partial charge on any atom is 0.121 e. The van der Waals surface area contributed by atoms with Crippen LogP contribution in [0.4, 0.5) is 0 Å². The van der Waals surface area contributed by atoms with E-state index < -0.39 is 0 Å². The van der Waals surface area contributed by atoms with Gasteiger partial charge in [-0.1, -0.05) is 176 Å². The average molecular weight is 677 g/mol. The van der Waals surface area contributed by atoms with Crippen LogP contribution >= 0.6 is 0 Å². The molecule has 0 amide bonds. The normalized spacial score (nSPS) is 13.7. The predicted octanol–water partition coefficient (Wildman–Crippen LogP) is 13.8. The van der Waals surface area contributed by atoms with Gasteiger partial charge in [0.25, 0.3) is 0 Å². The molecule has 0 bridgehead atoms. The number of benzene rings is 9. The van der Waals surface area contributed by atoms with Gasteiger partial charge in [-0.3, -0.25) is 0 Å². The van der Waals surface area contributed by atoms with Crippen molar-refractivity contribution in [1.29, 1.82) is 0 Å². The van der Waals surface area contributed by atoms with Crippen LogP contribution in [-0.2, 0) is 6.42 Å². The monoisotopic (exact) mass is 676 g/mol. The summed E-state index contributed by atoms with van der Waals surface area (Å²) in [7, 11) is 0. The fraction of sp³-hybridized carbons (Fsp3) is 0.0385. The smallest absolute Gasteiger partial charge is 0.121 e. The molecule has 1 nitrogen and oxygen atoms in total. The van der Waals surface area contributed by atoms with Crippen LogP contribution in [0.15, 0.2) is 194 Å². The third-order valence-electron chi connectivity index (χ3n) is 10.8. The second-order valence-electron chi connectivity index (χ2n) is 13.9. The topological polar surface area (TPSA) is 9.23 Å². The van der Waals surface area contributed by atoms with Crippen molar-refractivity contribution >= 4 is 38.4 Å². The molecule has 1 aliphatic rings. The van der Waals surface area contributed by atoms with E-state index in [9.17, 15) is 0 Å². The van der Waals surface area contributed by atoms with Gasteiger partial charge in [0, 0.05) is 6.42 Å². The molecule has 250 valence electrons. The van der Waals surface area contributed by atoms with E-state index in [1.165, 1.54) is 88.0 Å². The summed E-state index contributed by atoms with van der Waals surface area (Å²) in [5, 5.41) is 7.56. The highest BCUT2D eigenvalue weighted by molar-refractivity contribution is 6.19. The Bertz CT molecular complexity index is 2810. The molecule has 0 aromatic heterocycles. The summed E-state index contributed by atoms with van der Waals surface area (Å²) >= 11 is 0. The van der Waals surface area contributed by atoms with Crippen molar-refractivity contribution in [2.24, 2.45) is 0 Å². The summed E-state index contributed by atoms with van der Waals surface area (Å²) in [6.45, 7) is 0. The first-order valence-electron chi connectivity index (χ1n) is 18.4. The Morgan fingerprint density at radius 3 is 1.70 bits per heavy atom. The molecule has 1 unspecified atom stereocenters. The standard InChI is InChI=1S/C52H36O/c1-3-15-35(16-4-1)36-27-29-37(30-28-36)41-20-9-12-24-45(41)51-46-25-13-14-26-47(46)52(50-34-40(31-32-48(50)51)53-39-18-5-2-6-19-39)49-33-38-17-7-8-21-42(38)43-22-10-11-23-44(43)49/h1-33,40H,34H2. The Kier molecular flexibility index (Phi) is 7.69. The lowest BCUT2D eigenvalue weighted by Gasteiger charge is -2.29. The van der Waals surface area contributed by atoms with Gasteiger partial charge in [-0.25, -0.2) is 0 Å². The lowest BCUT2D eigenvalue weighted by molar-refractivity contribution is 0.249. The van der Waals surface area contributed by atoms with Crippen molar-refractivity contribution in [1.82, 2.24) is 0 Å². The SMILES string of the molecule is C1=CC(Oc2ccccc2)Cc2c1c(-c1ccccc1-c1ccc(-c3ccccc3)cc1)c1ccccc1c2-c1cc2ccccc2c2ccccc12. The lowest BCUT2D eigenvalue weighted by atomic mass is 9.77. The number of ether oxygens (including phenoxy) is 1. The number of fused-ring (bicyclic) bond motifs is 5. The highest BCUT2D eigenvalue weighted by atomic mass is 16.5. The molecule has 9 aromatic rings. The Labute approximate surface area is 310 Å². The Morgan fingerprint density at radius 1 is 0.396 bits per heavy atom. The van der Waals surface area contributed by atoms with Gasteiger partial charge in [-0.2, -0.15) is 0 Å². The van der Waals surface area contributed by atoms with Crippen molar-refractivity contribution in [3.8, 4) is 50.3 Å². The highest BCUT2D eigenvalue weighted by Gasteiger charge is 2.27. The summed E-state index contributed by atoms with van der Waals surface area (Å²) in [4.78, 5) is 0. The molecule has 0 radical (unpaired) electrons. The minimum atomic E-state index is -0.106. The largest absolute Gasteiger partial charge is 0.486 e. The van der Waals surface area contributed by atoms with Crippen LogP contribution in [0.5, 0.6) is 5.75 Å². The molecule has 0 saturated carbocycles. The summed E-state index contributed by atoms with van der Waals surface area (Å²) in [6, 6.07) is 67.8. The molecule has 0 spiro atoms. The predicted molar refractivity (Wildman–Crippen MR) is 224 cm³/mol. The summed E-state index contributed by atoms with van der Waals surface area (Å²) in [5.74, 6) is 0.883. The summed E-state index contributed by atoms with van der Waals surface area (Å²) < 4.78 is 6.67. The van der Waals surface area contributed by atoms with Gasteiger partial charge in [0.15, 0.2) is 0 Å². The van der Waals surface area contributed by atoms with E-state index in [4.69, 9.17) is 4.74 Å². The van der Waals surface area contributed by atoms with Gasteiger partial charge in [0.1, 0.15) is 11.9 Å². The van der Waals surface area contributed by atoms with Gasteiger partial charge in [0.05, 0.1) is 0 Å². The third-order valence-corrected chi connectivity index (χ3v) is 10.8. The zero-order valence-electron chi connectivity index (χ0n) is 29.2. The van der Waals surface area contributed by atoms with Gasteiger partial charge in [-0.05, 0) is 112 Å². The van der Waals surface area contributed by atoms with Crippen molar-refractivity contribution in [3.05, 3.63) is 205 Å². The molecular formula is C52H36O. The molecule has 0 aliphatic heterocycles. The lowest BCUT2D eigenvalue weighted by Crippen LogP contribution is -2.21. The molecule has 1 aliphatic carbocycles. The quantitative estimate of drug-likeness (QED) is 0.159. The van der Waals surface area contributed by atoms with Crippen LogP contribution in [0.25, 0.3) is 82.9 Å². The zero-order chi connectivity index (χ0) is 35.1. The molecule has 0 fully saturated rings. The fourth-order valence-electron chi connectivity index (χ4n) is 8.42. The fourth-order valence-corrected chi connectivity index (χ4v) is 8.42. The van der Waals surface area contributed by atoms with E-state index in [1.54, 1.807) is 0 Å².